The summed E-state index contributed by atoms with van der Waals surface area (Å²) < 4.78 is 6.15. The normalized spacial score (nSPS) is 20.7. The number of amides is 4. The molecule has 4 aliphatic heterocycles. The number of benzene rings is 3. The molecule has 5 heterocycles. The number of carbonyl (C=O) groups is 4. The highest BCUT2D eigenvalue weighted by Crippen LogP contribution is 2.53. The summed E-state index contributed by atoms with van der Waals surface area (Å²) in [6.07, 6.45) is 6.75. The first-order valence-corrected chi connectivity index (χ1v) is 21.6. The van der Waals surface area contributed by atoms with Gasteiger partial charge in [0.2, 0.25) is 17.8 Å². The molecule has 9 rings (SSSR count). The number of halogens is 1. The molecule has 1 unspecified atom stereocenters. The number of imide groups is 2. The number of nitriles is 1. The summed E-state index contributed by atoms with van der Waals surface area (Å²) in [5, 5.41) is 12.2. The number of fused-ring (bicyclic) bond motifs is 1. The van der Waals surface area contributed by atoms with Gasteiger partial charge in [0, 0.05) is 68.9 Å². The van der Waals surface area contributed by atoms with E-state index in [9.17, 15) is 24.4 Å². The van der Waals surface area contributed by atoms with Crippen LogP contribution < -0.4 is 19.9 Å². The molecule has 4 fully saturated rings. The molecule has 3 saturated heterocycles. The number of anilines is 2. The lowest BCUT2D eigenvalue weighted by Crippen LogP contribution is -2.54. The summed E-state index contributed by atoms with van der Waals surface area (Å²) in [7, 11) is 0. The van der Waals surface area contributed by atoms with Gasteiger partial charge in [0.1, 0.15) is 18.4 Å². The fourth-order valence-corrected chi connectivity index (χ4v) is 10.3. The molecule has 0 bridgehead atoms. The van der Waals surface area contributed by atoms with Gasteiger partial charge in [-0.15, -0.1) is 0 Å². The standard InChI is InChI=1S/C47H49ClN8O5/c1-46(2,33-22-30(27-49)23-34(48)24-33)32-6-8-36(9-7-32)61-29-35-12-15-50-45(51-35)55-16-13-47(14-17-55)25-31(26-47)28-53-18-20-54(21-19-53)38-5-3-4-37-41(38)44(60)56(43(37)59)39-10-11-40(57)52-42(39)58/h3-9,12,15,22-24,31,39H,10-11,13-14,16-21,25-26,28-29H2,1-2H3,(H,52,57,58). The second kappa shape index (κ2) is 16.2. The molecule has 1 spiro atoms. The maximum atomic E-state index is 13.7. The molecule has 4 amide bonds. The Kier molecular flexibility index (Phi) is 10.8. The summed E-state index contributed by atoms with van der Waals surface area (Å²) in [5.74, 6) is 0.239. The van der Waals surface area contributed by atoms with E-state index in [1.54, 1.807) is 18.2 Å². The van der Waals surface area contributed by atoms with Crippen LogP contribution in [0, 0.1) is 22.7 Å². The van der Waals surface area contributed by atoms with Crippen molar-refractivity contribution < 1.29 is 23.9 Å². The molecular formula is C47H49ClN8O5. The van der Waals surface area contributed by atoms with Gasteiger partial charge in [-0.3, -0.25) is 34.3 Å². The Balaban J connectivity index is 0.730. The molecule has 1 aromatic heterocycles. The maximum absolute atomic E-state index is 13.7. The quantitative estimate of drug-likeness (QED) is 0.184. The average molecular weight is 841 g/mol. The van der Waals surface area contributed by atoms with E-state index in [1.165, 1.54) is 12.8 Å². The highest BCUT2D eigenvalue weighted by molar-refractivity contribution is 6.30. The van der Waals surface area contributed by atoms with Crippen LogP contribution in [0.1, 0.15) is 95.5 Å². The Morgan fingerprint density at radius 3 is 2.38 bits per heavy atom. The van der Waals surface area contributed by atoms with Gasteiger partial charge < -0.3 is 14.5 Å². The van der Waals surface area contributed by atoms with Gasteiger partial charge in [-0.2, -0.15) is 5.26 Å². The second-order valence-corrected chi connectivity index (χ2v) is 18.3. The Hall–Kier alpha value is -5.84. The smallest absolute Gasteiger partial charge is 0.264 e. The summed E-state index contributed by atoms with van der Waals surface area (Å²) in [5.41, 5.74) is 4.87. The first-order chi connectivity index (χ1) is 29.4. The minimum Gasteiger partial charge on any atom is -0.487 e. The van der Waals surface area contributed by atoms with Crippen molar-refractivity contribution >= 4 is 46.9 Å². The monoisotopic (exact) mass is 840 g/mol. The summed E-state index contributed by atoms with van der Waals surface area (Å²) >= 11 is 6.31. The van der Waals surface area contributed by atoms with E-state index in [1.807, 2.05) is 42.6 Å². The molecular weight excluding hydrogens is 792 g/mol. The summed E-state index contributed by atoms with van der Waals surface area (Å²) in [6, 6.07) is 22.0. The number of nitrogens with zero attached hydrogens (tertiary/aromatic N) is 7. The molecule has 1 N–H and O–H groups in total. The van der Waals surface area contributed by atoms with Crippen molar-refractivity contribution in [3.63, 3.8) is 0 Å². The highest BCUT2D eigenvalue weighted by Gasteiger charge is 2.48. The van der Waals surface area contributed by atoms with Crippen molar-refractivity contribution in [3.05, 3.63) is 111 Å². The Morgan fingerprint density at radius 2 is 1.66 bits per heavy atom. The molecule has 5 aliphatic rings. The largest absolute Gasteiger partial charge is 0.487 e. The topological polar surface area (TPSA) is 152 Å². The van der Waals surface area contributed by atoms with Crippen LogP contribution in [0.5, 0.6) is 5.75 Å². The van der Waals surface area contributed by atoms with Gasteiger partial charge in [-0.05, 0) is 103 Å². The van der Waals surface area contributed by atoms with Crippen LogP contribution in [0.2, 0.25) is 5.02 Å². The molecule has 1 aliphatic carbocycles. The summed E-state index contributed by atoms with van der Waals surface area (Å²) in [4.78, 5) is 68.8. The number of hydrogen-bond acceptors (Lipinski definition) is 11. The van der Waals surface area contributed by atoms with Crippen LogP contribution >= 0.6 is 11.6 Å². The average Bonchev–Trinajstić information content (AvgIpc) is 3.51. The lowest BCUT2D eigenvalue weighted by molar-refractivity contribution is -0.136. The van der Waals surface area contributed by atoms with Crippen molar-refractivity contribution in [1.29, 1.82) is 5.26 Å². The van der Waals surface area contributed by atoms with Gasteiger partial charge >= 0.3 is 0 Å². The highest BCUT2D eigenvalue weighted by atomic mass is 35.5. The third-order valence-corrected chi connectivity index (χ3v) is 13.9. The molecule has 0 radical (unpaired) electrons. The van der Waals surface area contributed by atoms with Crippen LogP contribution in [-0.4, -0.2) is 95.3 Å². The lowest BCUT2D eigenvalue weighted by atomic mass is 9.57. The van der Waals surface area contributed by atoms with Crippen molar-refractivity contribution in [2.24, 2.45) is 11.3 Å². The van der Waals surface area contributed by atoms with Gasteiger partial charge in [0.25, 0.3) is 11.8 Å². The van der Waals surface area contributed by atoms with Gasteiger partial charge in [0.05, 0.1) is 34.1 Å². The number of ether oxygens (including phenoxy) is 1. The Morgan fingerprint density at radius 1 is 0.902 bits per heavy atom. The lowest BCUT2D eigenvalue weighted by Gasteiger charge is -2.53. The zero-order chi connectivity index (χ0) is 42.5. The summed E-state index contributed by atoms with van der Waals surface area (Å²) in [6.45, 7) is 10.7. The zero-order valence-corrected chi connectivity index (χ0v) is 35.3. The van der Waals surface area contributed by atoms with Gasteiger partial charge in [-0.1, -0.05) is 43.6 Å². The third kappa shape index (κ3) is 7.95. The number of rotatable bonds is 10. The van der Waals surface area contributed by atoms with Crippen LogP contribution in [0.25, 0.3) is 0 Å². The molecule has 61 heavy (non-hydrogen) atoms. The molecule has 3 aromatic carbocycles. The van der Waals surface area contributed by atoms with Crippen molar-refractivity contribution in [3.8, 4) is 11.8 Å². The fraction of sp³-hybridized carbons (Fsp3) is 0.426. The van der Waals surface area contributed by atoms with Crippen molar-refractivity contribution in [1.82, 2.24) is 25.1 Å². The number of hydrogen-bond donors (Lipinski definition) is 1. The number of piperidine rings is 2. The van der Waals surface area contributed by atoms with Crippen LogP contribution in [-0.2, 0) is 21.6 Å². The van der Waals surface area contributed by atoms with Crippen LogP contribution in [0.3, 0.4) is 0 Å². The van der Waals surface area contributed by atoms with Crippen molar-refractivity contribution in [2.75, 3.05) is 55.6 Å². The molecule has 14 heteroatoms. The number of carbonyl (C=O) groups excluding carboxylic acids is 4. The number of aromatic nitrogens is 2. The van der Waals surface area contributed by atoms with Gasteiger partial charge in [0.15, 0.2) is 0 Å². The SMILES string of the molecule is CC(C)(c1ccc(OCc2ccnc(N3CCC4(CC3)CC(CN3CCN(c5cccc6c5C(=O)N(C5CCC(=O)NC5=O)C6=O)CC3)C4)n2)cc1)c1cc(Cl)cc(C#N)c1. The molecule has 314 valence electrons. The van der Waals surface area contributed by atoms with E-state index in [4.69, 9.17) is 21.3 Å². The Labute approximate surface area is 360 Å². The van der Waals surface area contributed by atoms with Crippen LogP contribution in [0.15, 0.2) is 72.9 Å². The minimum atomic E-state index is -0.975. The predicted molar refractivity (Wildman–Crippen MR) is 229 cm³/mol. The third-order valence-electron chi connectivity index (χ3n) is 13.6. The second-order valence-electron chi connectivity index (χ2n) is 17.8. The van der Waals surface area contributed by atoms with E-state index in [0.29, 0.717) is 39.7 Å². The van der Waals surface area contributed by atoms with Gasteiger partial charge in [-0.25, -0.2) is 9.97 Å². The predicted octanol–water partition coefficient (Wildman–Crippen LogP) is 6.13. The van der Waals surface area contributed by atoms with E-state index >= 15 is 0 Å². The number of nitrogens with one attached hydrogen (secondary N) is 1. The van der Waals surface area contributed by atoms with E-state index < -0.39 is 23.8 Å². The van der Waals surface area contributed by atoms with Crippen LogP contribution in [0.4, 0.5) is 11.6 Å². The first kappa shape index (κ1) is 40.6. The van der Waals surface area contributed by atoms with E-state index in [2.05, 4.69) is 57.0 Å². The minimum absolute atomic E-state index is 0.0956. The molecule has 1 atom stereocenters. The Bertz CT molecular complexity index is 2430. The zero-order valence-electron chi connectivity index (χ0n) is 34.5. The fourth-order valence-electron chi connectivity index (χ4n) is 10.1. The first-order valence-electron chi connectivity index (χ1n) is 21.2. The molecule has 1 saturated carbocycles. The molecule has 4 aromatic rings. The molecule has 13 nitrogen and oxygen atoms in total. The van der Waals surface area contributed by atoms with E-state index in [-0.39, 0.29) is 24.2 Å². The maximum Gasteiger partial charge on any atom is 0.264 e. The van der Waals surface area contributed by atoms with Crippen molar-refractivity contribution in [2.45, 2.75) is 70.4 Å². The van der Waals surface area contributed by atoms with E-state index in [0.717, 1.165) is 97.8 Å². The number of piperazine rings is 1.